The minimum Gasteiger partial charge on any atom is -0.365 e. The first-order valence-electron chi connectivity index (χ1n) is 7.95. The average molecular weight is 361 g/mol. The van der Waals surface area contributed by atoms with Gasteiger partial charge >= 0.3 is 0 Å². The summed E-state index contributed by atoms with van der Waals surface area (Å²) in [5.74, 6) is 0.0429. The topological polar surface area (TPSA) is 88.4 Å². The fraction of sp³-hybridized carbons (Fsp3) is 0.294. The molecular formula is C17H17ClN4O3. The normalized spacial score (nSPS) is 17.2. The molecule has 1 aromatic carbocycles. The molecule has 0 spiro atoms. The smallest absolute Gasteiger partial charge is 0.292 e. The second kappa shape index (κ2) is 7.48. The zero-order valence-electron chi connectivity index (χ0n) is 13.4. The highest BCUT2D eigenvalue weighted by atomic mass is 35.5. The van der Waals surface area contributed by atoms with Gasteiger partial charge in [0.1, 0.15) is 11.5 Å². The Hall–Kier alpha value is -2.67. The largest absolute Gasteiger partial charge is 0.365 e. The van der Waals surface area contributed by atoms with Crippen molar-refractivity contribution < 1.29 is 9.72 Å². The molecule has 0 saturated carbocycles. The maximum Gasteiger partial charge on any atom is 0.292 e. The van der Waals surface area contributed by atoms with Crippen molar-refractivity contribution in [2.75, 3.05) is 23.3 Å². The number of nitrogens with zero attached hydrogens (tertiary/aromatic N) is 3. The molecule has 1 aliphatic rings. The first-order chi connectivity index (χ1) is 12.0. The summed E-state index contributed by atoms with van der Waals surface area (Å²) in [6, 6.07) is 9.91. The molecule has 2 heterocycles. The lowest BCUT2D eigenvalue weighted by Crippen LogP contribution is -2.41. The minimum atomic E-state index is -0.392. The molecular weight excluding hydrogens is 344 g/mol. The highest BCUT2D eigenvalue weighted by Gasteiger charge is 2.29. The SMILES string of the molecule is O=C(Nc1ccc(Cl)cn1)C1CCCN(c2ccccc2[N+](=O)[O-])C1. The Bertz CT molecular complexity index is 782. The molecule has 0 radical (unpaired) electrons. The number of carbonyl (C=O) groups is 1. The molecule has 2 aromatic rings. The standard InChI is InChI=1S/C17H17ClN4O3/c18-13-7-8-16(19-10-13)20-17(23)12-4-3-9-21(11-12)14-5-1-2-6-15(14)22(24)25/h1-2,5-8,10,12H,3-4,9,11H2,(H,19,20,23). The predicted molar refractivity (Wildman–Crippen MR) is 95.9 cm³/mol. The molecule has 3 rings (SSSR count). The van der Waals surface area contributed by atoms with Crippen LogP contribution in [-0.4, -0.2) is 28.9 Å². The van der Waals surface area contributed by atoms with E-state index in [-0.39, 0.29) is 17.5 Å². The molecule has 0 aliphatic carbocycles. The monoisotopic (exact) mass is 360 g/mol. The summed E-state index contributed by atoms with van der Waals surface area (Å²) in [6.45, 7) is 1.12. The highest BCUT2D eigenvalue weighted by molar-refractivity contribution is 6.30. The molecule has 1 saturated heterocycles. The Labute approximate surface area is 149 Å². The molecule has 130 valence electrons. The third-order valence-corrected chi connectivity index (χ3v) is 4.41. The van der Waals surface area contributed by atoms with Gasteiger partial charge in [0, 0.05) is 25.4 Å². The number of hydrogen-bond donors (Lipinski definition) is 1. The van der Waals surface area contributed by atoms with Crippen LogP contribution in [0.2, 0.25) is 5.02 Å². The zero-order valence-corrected chi connectivity index (χ0v) is 14.1. The lowest BCUT2D eigenvalue weighted by atomic mass is 9.96. The molecule has 1 unspecified atom stereocenters. The molecule has 1 N–H and O–H groups in total. The number of carbonyl (C=O) groups excluding carboxylic acids is 1. The van der Waals surface area contributed by atoms with Crippen LogP contribution in [0.15, 0.2) is 42.6 Å². The number of halogens is 1. The highest BCUT2D eigenvalue weighted by Crippen LogP contribution is 2.31. The summed E-state index contributed by atoms with van der Waals surface area (Å²) in [7, 11) is 0. The lowest BCUT2D eigenvalue weighted by Gasteiger charge is -2.33. The van der Waals surface area contributed by atoms with Gasteiger partial charge in [0.25, 0.3) is 5.69 Å². The van der Waals surface area contributed by atoms with Gasteiger partial charge in [0.15, 0.2) is 0 Å². The predicted octanol–water partition coefficient (Wildman–Crippen LogP) is 3.50. The third-order valence-electron chi connectivity index (χ3n) is 4.19. The summed E-state index contributed by atoms with van der Waals surface area (Å²) >= 11 is 5.79. The zero-order chi connectivity index (χ0) is 17.8. The summed E-state index contributed by atoms with van der Waals surface area (Å²) in [4.78, 5) is 29.3. The van der Waals surface area contributed by atoms with Gasteiger partial charge in [-0.15, -0.1) is 0 Å². The Kier molecular flexibility index (Phi) is 5.14. The molecule has 7 nitrogen and oxygen atoms in total. The summed E-state index contributed by atoms with van der Waals surface area (Å²) in [5.41, 5.74) is 0.609. The molecule has 1 aromatic heterocycles. The van der Waals surface area contributed by atoms with Crippen LogP contribution in [0.25, 0.3) is 0 Å². The fourth-order valence-corrected chi connectivity index (χ4v) is 3.09. The first-order valence-corrected chi connectivity index (χ1v) is 8.33. The number of benzene rings is 1. The maximum atomic E-state index is 12.5. The van der Waals surface area contributed by atoms with Crippen LogP contribution in [0.4, 0.5) is 17.2 Å². The van der Waals surface area contributed by atoms with E-state index in [9.17, 15) is 14.9 Å². The van der Waals surface area contributed by atoms with Gasteiger partial charge in [-0.05, 0) is 31.0 Å². The van der Waals surface area contributed by atoms with Gasteiger partial charge in [0.2, 0.25) is 5.91 Å². The van der Waals surface area contributed by atoms with Crippen molar-refractivity contribution in [3.63, 3.8) is 0 Å². The van der Waals surface area contributed by atoms with E-state index in [1.807, 2.05) is 4.90 Å². The van der Waals surface area contributed by atoms with Crippen LogP contribution in [0, 0.1) is 16.0 Å². The second-order valence-electron chi connectivity index (χ2n) is 5.88. The van der Waals surface area contributed by atoms with Crippen LogP contribution in [0.3, 0.4) is 0 Å². The van der Waals surface area contributed by atoms with Crippen molar-refractivity contribution in [2.45, 2.75) is 12.8 Å². The van der Waals surface area contributed by atoms with Gasteiger partial charge in [-0.2, -0.15) is 0 Å². The van der Waals surface area contributed by atoms with Crippen molar-refractivity contribution in [1.82, 2.24) is 4.98 Å². The quantitative estimate of drug-likeness (QED) is 0.666. The summed E-state index contributed by atoms with van der Waals surface area (Å²) in [5, 5.41) is 14.5. The van der Waals surface area contributed by atoms with Crippen LogP contribution in [0.1, 0.15) is 12.8 Å². The number of anilines is 2. The summed E-state index contributed by atoms with van der Waals surface area (Å²) in [6.07, 6.45) is 2.99. The van der Waals surface area contributed by atoms with E-state index in [0.29, 0.717) is 29.6 Å². The Morgan fingerprint density at radius 1 is 1.32 bits per heavy atom. The molecule has 1 amide bonds. The lowest BCUT2D eigenvalue weighted by molar-refractivity contribution is -0.384. The fourth-order valence-electron chi connectivity index (χ4n) is 2.97. The number of pyridine rings is 1. The van der Waals surface area contributed by atoms with Crippen molar-refractivity contribution >= 4 is 34.7 Å². The van der Waals surface area contributed by atoms with Crippen LogP contribution in [0.5, 0.6) is 0 Å². The van der Waals surface area contributed by atoms with Gasteiger partial charge < -0.3 is 10.2 Å². The van der Waals surface area contributed by atoms with Crippen molar-refractivity contribution in [2.24, 2.45) is 5.92 Å². The van der Waals surface area contributed by atoms with Gasteiger partial charge in [-0.3, -0.25) is 14.9 Å². The number of amides is 1. The number of aromatic nitrogens is 1. The van der Waals surface area contributed by atoms with Crippen molar-refractivity contribution in [3.05, 3.63) is 57.7 Å². The van der Waals surface area contributed by atoms with E-state index in [1.165, 1.54) is 12.3 Å². The Balaban J connectivity index is 1.72. The van der Waals surface area contributed by atoms with Crippen molar-refractivity contribution in [3.8, 4) is 0 Å². The number of para-hydroxylation sites is 2. The van der Waals surface area contributed by atoms with E-state index >= 15 is 0 Å². The molecule has 0 bridgehead atoms. The average Bonchev–Trinajstić information content (AvgIpc) is 2.63. The third kappa shape index (κ3) is 4.06. The Morgan fingerprint density at radius 2 is 2.12 bits per heavy atom. The van der Waals surface area contributed by atoms with Gasteiger partial charge in [-0.25, -0.2) is 4.98 Å². The molecule has 1 aliphatic heterocycles. The van der Waals surface area contributed by atoms with E-state index < -0.39 is 4.92 Å². The van der Waals surface area contributed by atoms with Crippen molar-refractivity contribution in [1.29, 1.82) is 0 Å². The molecule has 1 fully saturated rings. The Morgan fingerprint density at radius 3 is 2.84 bits per heavy atom. The van der Waals surface area contributed by atoms with E-state index in [0.717, 1.165) is 12.8 Å². The molecule has 1 atom stereocenters. The number of hydrogen-bond acceptors (Lipinski definition) is 5. The number of nitro benzene ring substituents is 1. The second-order valence-corrected chi connectivity index (χ2v) is 6.32. The van der Waals surface area contributed by atoms with Gasteiger partial charge in [0.05, 0.1) is 15.9 Å². The van der Waals surface area contributed by atoms with Crippen LogP contribution in [-0.2, 0) is 4.79 Å². The minimum absolute atomic E-state index is 0.0583. The maximum absolute atomic E-state index is 12.5. The van der Waals surface area contributed by atoms with Gasteiger partial charge in [-0.1, -0.05) is 23.7 Å². The van der Waals surface area contributed by atoms with E-state index in [4.69, 9.17) is 11.6 Å². The number of piperidine rings is 1. The number of rotatable bonds is 4. The summed E-state index contributed by atoms with van der Waals surface area (Å²) < 4.78 is 0. The number of nitrogens with one attached hydrogen (secondary N) is 1. The molecule has 8 heteroatoms. The van der Waals surface area contributed by atoms with Crippen LogP contribution >= 0.6 is 11.6 Å². The number of nitro groups is 1. The van der Waals surface area contributed by atoms with E-state index in [2.05, 4.69) is 10.3 Å². The van der Waals surface area contributed by atoms with E-state index in [1.54, 1.807) is 30.3 Å². The molecule has 25 heavy (non-hydrogen) atoms. The van der Waals surface area contributed by atoms with Crippen LogP contribution < -0.4 is 10.2 Å². The first kappa shape index (κ1) is 17.2.